The number of para-hydroxylation sites is 5. The molecular formula is C30H23BrN6O2. The Bertz CT molecular complexity index is 1770. The number of aromatic nitrogens is 2. The Morgan fingerprint density at radius 1 is 0.897 bits per heavy atom. The van der Waals surface area contributed by atoms with E-state index in [0.717, 1.165) is 45.6 Å². The van der Waals surface area contributed by atoms with Crippen LogP contribution < -0.4 is 15.0 Å². The summed E-state index contributed by atoms with van der Waals surface area (Å²) in [5.74, 6) is 3.45. The lowest BCUT2D eigenvalue weighted by Crippen LogP contribution is -2.46. The molecule has 2 aliphatic heterocycles. The molecule has 9 heteroatoms. The standard InChI is InChI=1S/C30H23BrN6O2/c1-18-26-27(24-16-17-25(31)39-24)36-22-14-8-6-12-20(22)32-28(33-21-13-7-9-15-23(21)38-2)30(36)34-29(26)37(35-18)19-10-4-3-5-11-19/h3-17,27H,1-2H3,(H,32,33)/t27-/m1/s1. The van der Waals surface area contributed by atoms with Crippen molar-refractivity contribution in [1.29, 1.82) is 0 Å². The summed E-state index contributed by atoms with van der Waals surface area (Å²) in [6, 6.07) is 29.4. The molecule has 192 valence electrons. The molecule has 39 heavy (non-hydrogen) atoms. The zero-order valence-corrected chi connectivity index (χ0v) is 22.8. The van der Waals surface area contributed by atoms with Crippen LogP contribution in [0.5, 0.6) is 5.75 Å². The average molecular weight is 579 g/mol. The highest BCUT2D eigenvalue weighted by atomic mass is 79.9. The first-order chi connectivity index (χ1) is 19.1. The van der Waals surface area contributed by atoms with Gasteiger partial charge in [0.1, 0.15) is 17.6 Å². The van der Waals surface area contributed by atoms with Crippen LogP contribution >= 0.6 is 15.9 Å². The van der Waals surface area contributed by atoms with E-state index in [9.17, 15) is 0 Å². The van der Waals surface area contributed by atoms with Crippen molar-refractivity contribution in [3.8, 4) is 11.4 Å². The van der Waals surface area contributed by atoms with Crippen LogP contribution in [0.25, 0.3) is 5.69 Å². The number of hydrogen-bond donors (Lipinski definition) is 1. The van der Waals surface area contributed by atoms with E-state index < -0.39 is 0 Å². The summed E-state index contributed by atoms with van der Waals surface area (Å²) in [5.41, 5.74) is 5.30. The number of aliphatic imine (C=N–C) groups is 2. The maximum atomic E-state index is 6.21. The van der Waals surface area contributed by atoms with E-state index in [-0.39, 0.29) is 6.04 Å². The van der Waals surface area contributed by atoms with Gasteiger partial charge in [0.15, 0.2) is 22.2 Å². The second kappa shape index (κ2) is 9.28. The summed E-state index contributed by atoms with van der Waals surface area (Å²) in [5, 5.41) is 8.44. The molecule has 8 nitrogen and oxygen atoms in total. The highest BCUT2D eigenvalue weighted by molar-refractivity contribution is 9.10. The van der Waals surface area contributed by atoms with E-state index in [2.05, 4.69) is 32.2 Å². The Labute approximate surface area is 233 Å². The lowest BCUT2D eigenvalue weighted by molar-refractivity contribution is 0.417. The number of benzene rings is 3. The fourth-order valence-corrected chi connectivity index (χ4v) is 5.49. The average Bonchev–Trinajstić information content (AvgIpc) is 3.55. The molecule has 0 saturated heterocycles. The molecule has 0 amide bonds. The fourth-order valence-electron chi connectivity index (χ4n) is 5.17. The predicted molar refractivity (Wildman–Crippen MR) is 156 cm³/mol. The molecular weight excluding hydrogens is 556 g/mol. The number of aryl methyl sites for hydroxylation is 1. The van der Waals surface area contributed by atoms with E-state index in [1.165, 1.54) is 0 Å². The number of amidine groups is 2. The first kappa shape index (κ1) is 23.5. The minimum Gasteiger partial charge on any atom is -0.495 e. The molecule has 1 N–H and O–H groups in total. The lowest BCUT2D eigenvalue weighted by Gasteiger charge is -2.39. The van der Waals surface area contributed by atoms with Crippen LogP contribution in [0.4, 0.5) is 22.9 Å². The highest BCUT2D eigenvalue weighted by Crippen LogP contribution is 2.48. The highest BCUT2D eigenvalue weighted by Gasteiger charge is 2.43. The van der Waals surface area contributed by atoms with Gasteiger partial charge >= 0.3 is 0 Å². The summed E-state index contributed by atoms with van der Waals surface area (Å²) in [6.45, 7) is 2.02. The number of ether oxygens (including phenoxy) is 1. The monoisotopic (exact) mass is 578 g/mol. The summed E-state index contributed by atoms with van der Waals surface area (Å²) >= 11 is 3.50. The first-order valence-corrected chi connectivity index (χ1v) is 13.3. The molecule has 0 saturated carbocycles. The minimum absolute atomic E-state index is 0.331. The Morgan fingerprint density at radius 2 is 1.67 bits per heavy atom. The molecule has 0 fully saturated rings. The number of rotatable bonds is 4. The van der Waals surface area contributed by atoms with Crippen LogP contribution in [-0.4, -0.2) is 28.6 Å². The summed E-state index contributed by atoms with van der Waals surface area (Å²) in [6.07, 6.45) is 0. The molecule has 0 bridgehead atoms. The maximum Gasteiger partial charge on any atom is 0.179 e. The third kappa shape index (κ3) is 3.85. The topological polar surface area (TPSA) is 80.2 Å². The molecule has 0 radical (unpaired) electrons. The number of methoxy groups -OCH3 is 1. The van der Waals surface area contributed by atoms with Crippen molar-refractivity contribution in [2.45, 2.75) is 13.0 Å². The van der Waals surface area contributed by atoms with E-state index in [4.69, 9.17) is 24.2 Å². The molecule has 4 heterocycles. The molecule has 0 aliphatic carbocycles. The second-order valence-electron chi connectivity index (χ2n) is 9.19. The Kier molecular flexibility index (Phi) is 5.59. The van der Waals surface area contributed by atoms with Gasteiger partial charge in [-0.3, -0.25) is 0 Å². The third-order valence-electron chi connectivity index (χ3n) is 6.86. The quantitative estimate of drug-likeness (QED) is 0.241. The largest absolute Gasteiger partial charge is 0.495 e. The molecule has 0 spiro atoms. The zero-order valence-electron chi connectivity index (χ0n) is 21.2. The van der Waals surface area contributed by atoms with E-state index in [1.54, 1.807) is 7.11 Å². The maximum absolute atomic E-state index is 6.21. The number of fused-ring (bicyclic) bond motifs is 4. The van der Waals surface area contributed by atoms with Gasteiger partial charge in [-0.15, -0.1) is 0 Å². The van der Waals surface area contributed by atoms with Crippen molar-refractivity contribution >= 4 is 50.5 Å². The van der Waals surface area contributed by atoms with Crippen molar-refractivity contribution in [1.82, 2.24) is 9.78 Å². The van der Waals surface area contributed by atoms with Crippen LogP contribution in [-0.2, 0) is 0 Å². The third-order valence-corrected chi connectivity index (χ3v) is 7.29. The van der Waals surface area contributed by atoms with Gasteiger partial charge in [0, 0.05) is 0 Å². The molecule has 3 aromatic carbocycles. The normalized spacial score (nSPS) is 15.6. The van der Waals surface area contributed by atoms with E-state index in [1.807, 2.05) is 96.5 Å². The van der Waals surface area contributed by atoms with Gasteiger partial charge in [0.2, 0.25) is 0 Å². The number of nitrogens with zero attached hydrogens (tertiary/aromatic N) is 5. The second-order valence-corrected chi connectivity index (χ2v) is 9.98. The number of nitrogens with one attached hydrogen (secondary N) is 1. The first-order valence-electron chi connectivity index (χ1n) is 12.5. The van der Waals surface area contributed by atoms with Crippen molar-refractivity contribution in [2.75, 3.05) is 17.3 Å². The van der Waals surface area contributed by atoms with Crippen LogP contribution in [0.1, 0.15) is 23.1 Å². The van der Waals surface area contributed by atoms with Crippen LogP contribution in [0.15, 0.2) is 110 Å². The molecule has 2 aliphatic rings. The summed E-state index contributed by atoms with van der Waals surface area (Å²) < 4.78 is 14.4. The van der Waals surface area contributed by atoms with Gasteiger partial charge in [-0.05, 0) is 71.4 Å². The van der Waals surface area contributed by atoms with Gasteiger partial charge in [-0.1, -0.05) is 42.5 Å². The van der Waals surface area contributed by atoms with Gasteiger partial charge in [-0.25, -0.2) is 14.7 Å². The van der Waals surface area contributed by atoms with Gasteiger partial charge in [0.05, 0.1) is 41.1 Å². The van der Waals surface area contributed by atoms with Crippen LogP contribution in [0.2, 0.25) is 0 Å². The molecule has 5 aromatic rings. The number of anilines is 2. The van der Waals surface area contributed by atoms with Crippen LogP contribution in [0.3, 0.4) is 0 Å². The number of furan rings is 1. The summed E-state index contributed by atoms with van der Waals surface area (Å²) in [7, 11) is 1.65. The zero-order chi connectivity index (χ0) is 26.5. The lowest BCUT2D eigenvalue weighted by atomic mass is 9.98. The Morgan fingerprint density at radius 3 is 2.46 bits per heavy atom. The molecule has 0 unspecified atom stereocenters. The molecule has 1 atom stereocenters. The van der Waals surface area contributed by atoms with Gasteiger partial charge < -0.3 is 19.4 Å². The number of halogens is 1. The van der Waals surface area contributed by atoms with Crippen molar-refractivity contribution in [2.24, 2.45) is 9.98 Å². The van der Waals surface area contributed by atoms with Crippen molar-refractivity contribution in [3.63, 3.8) is 0 Å². The fraction of sp³-hybridized carbons (Fsp3) is 0.100. The Balaban J connectivity index is 1.50. The predicted octanol–water partition coefficient (Wildman–Crippen LogP) is 7.34. The van der Waals surface area contributed by atoms with Crippen molar-refractivity contribution < 1.29 is 9.15 Å². The number of hydrogen-bond acceptors (Lipinski definition) is 7. The van der Waals surface area contributed by atoms with Crippen molar-refractivity contribution in [3.05, 3.63) is 113 Å². The van der Waals surface area contributed by atoms with Gasteiger partial charge in [0.25, 0.3) is 0 Å². The smallest absolute Gasteiger partial charge is 0.179 e. The van der Waals surface area contributed by atoms with Crippen LogP contribution in [0, 0.1) is 6.92 Å². The van der Waals surface area contributed by atoms with E-state index in [0.29, 0.717) is 22.1 Å². The minimum atomic E-state index is -0.331. The molecule has 2 aromatic heterocycles. The van der Waals surface area contributed by atoms with E-state index >= 15 is 0 Å². The molecule has 7 rings (SSSR count). The van der Waals surface area contributed by atoms with Gasteiger partial charge in [-0.2, -0.15) is 5.10 Å². The Hall–Kier alpha value is -4.63. The SMILES string of the molecule is COc1ccccc1NC1=Nc2ccccc2N2C1=Nc1c(c(C)nn1-c1ccccc1)[C@H]2c1ccc(Br)o1. The summed E-state index contributed by atoms with van der Waals surface area (Å²) in [4.78, 5) is 12.4.